The Balaban J connectivity index is 1.27. The molecule has 8 nitrogen and oxygen atoms in total. The van der Waals surface area contributed by atoms with Gasteiger partial charge < -0.3 is 4.90 Å². The van der Waals surface area contributed by atoms with E-state index in [0.29, 0.717) is 12.8 Å². The van der Waals surface area contributed by atoms with E-state index in [4.69, 9.17) is 0 Å². The Kier molecular flexibility index (Phi) is 5.46. The number of likely N-dealkylation sites (tertiary alicyclic amines) is 2. The number of amides is 3. The summed E-state index contributed by atoms with van der Waals surface area (Å²) in [5.74, 6) is -2.06. The van der Waals surface area contributed by atoms with Crippen molar-refractivity contribution in [3.8, 4) is 0 Å². The van der Waals surface area contributed by atoms with Crippen molar-refractivity contribution in [2.24, 2.45) is 11.8 Å². The third kappa shape index (κ3) is 3.65. The number of sulfonamides is 1. The fourth-order valence-electron chi connectivity index (χ4n) is 4.20. The van der Waals surface area contributed by atoms with Crippen LogP contribution in [0.5, 0.6) is 0 Å². The maximum absolute atomic E-state index is 13.7. The predicted octanol–water partition coefficient (Wildman–Crippen LogP) is 0.656. The van der Waals surface area contributed by atoms with Gasteiger partial charge in [-0.25, -0.2) is 17.5 Å². The highest BCUT2D eigenvalue weighted by Gasteiger charge is 2.52. The van der Waals surface area contributed by atoms with Crippen LogP contribution in [-0.2, 0) is 24.4 Å². The number of halogens is 1. The zero-order valence-corrected chi connectivity index (χ0v) is 17.0. The molecular formula is C20H22FN3O5S. The van der Waals surface area contributed by atoms with E-state index in [1.54, 1.807) is 0 Å². The van der Waals surface area contributed by atoms with Crippen LogP contribution in [0.3, 0.4) is 0 Å². The highest BCUT2D eigenvalue weighted by atomic mass is 32.2. The van der Waals surface area contributed by atoms with Gasteiger partial charge in [-0.3, -0.25) is 19.3 Å². The Morgan fingerprint density at radius 1 is 1.07 bits per heavy atom. The second-order valence-corrected chi connectivity index (χ2v) is 9.47. The normalized spacial score (nSPS) is 24.2. The number of imide groups is 1. The van der Waals surface area contributed by atoms with Gasteiger partial charge >= 0.3 is 0 Å². The number of allylic oxidation sites excluding steroid dienone is 2. The van der Waals surface area contributed by atoms with E-state index in [1.165, 1.54) is 21.9 Å². The Labute approximate surface area is 173 Å². The lowest BCUT2D eigenvalue weighted by Gasteiger charge is -2.43. The molecule has 4 rings (SSSR count). The summed E-state index contributed by atoms with van der Waals surface area (Å²) in [4.78, 5) is 39.8. The SMILES string of the molecule is O=C(CCNS(=O)(=O)c1ccccc1F)N1CC(N2C(=O)C3CC=CCC3C2=O)C1. The van der Waals surface area contributed by atoms with Crippen molar-refractivity contribution >= 4 is 27.7 Å². The van der Waals surface area contributed by atoms with Crippen LogP contribution in [0.1, 0.15) is 19.3 Å². The maximum Gasteiger partial charge on any atom is 0.243 e. The maximum atomic E-state index is 13.7. The lowest BCUT2D eigenvalue weighted by molar-refractivity contribution is -0.152. The van der Waals surface area contributed by atoms with Crippen LogP contribution >= 0.6 is 0 Å². The van der Waals surface area contributed by atoms with E-state index in [0.717, 1.165) is 12.1 Å². The molecule has 1 aliphatic carbocycles. The fourth-order valence-corrected chi connectivity index (χ4v) is 5.31. The Morgan fingerprint density at radius 3 is 2.27 bits per heavy atom. The highest BCUT2D eigenvalue weighted by molar-refractivity contribution is 7.89. The van der Waals surface area contributed by atoms with Crippen LogP contribution in [0.15, 0.2) is 41.3 Å². The van der Waals surface area contributed by atoms with Gasteiger partial charge in [-0.15, -0.1) is 0 Å². The number of carbonyl (C=O) groups excluding carboxylic acids is 3. The van der Waals surface area contributed by atoms with Crippen molar-refractivity contribution in [1.29, 1.82) is 0 Å². The topological polar surface area (TPSA) is 104 Å². The van der Waals surface area contributed by atoms with Crippen molar-refractivity contribution in [2.75, 3.05) is 19.6 Å². The molecule has 0 saturated carbocycles. The second-order valence-electron chi connectivity index (χ2n) is 7.73. The molecule has 10 heteroatoms. The summed E-state index contributed by atoms with van der Waals surface area (Å²) < 4.78 is 40.2. The first-order valence-electron chi connectivity index (χ1n) is 9.83. The highest BCUT2D eigenvalue weighted by Crippen LogP contribution is 2.37. The van der Waals surface area contributed by atoms with Crippen LogP contribution in [-0.4, -0.2) is 61.6 Å². The van der Waals surface area contributed by atoms with E-state index >= 15 is 0 Å². The lowest BCUT2D eigenvalue weighted by atomic mass is 9.85. The van der Waals surface area contributed by atoms with Crippen LogP contribution in [0.4, 0.5) is 4.39 Å². The van der Waals surface area contributed by atoms with E-state index in [2.05, 4.69) is 4.72 Å². The molecule has 3 amide bonds. The average Bonchev–Trinajstić information content (AvgIpc) is 2.92. The second kappa shape index (κ2) is 7.92. The van der Waals surface area contributed by atoms with E-state index < -0.39 is 20.7 Å². The zero-order chi connectivity index (χ0) is 21.5. The van der Waals surface area contributed by atoms with Crippen molar-refractivity contribution in [3.63, 3.8) is 0 Å². The van der Waals surface area contributed by atoms with Gasteiger partial charge in [0.2, 0.25) is 27.7 Å². The molecule has 0 spiro atoms. The fraction of sp³-hybridized carbons (Fsp3) is 0.450. The number of benzene rings is 1. The molecule has 3 aliphatic rings. The number of nitrogens with zero attached hydrogens (tertiary/aromatic N) is 2. The molecule has 2 unspecified atom stereocenters. The predicted molar refractivity (Wildman–Crippen MR) is 104 cm³/mol. The van der Waals surface area contributed by atoms with Gasteiger partial charge in [-0.2, -0.15) is 0 Å². The minimum absolute atomic E-state index is 0.0997. The molecule has 30 heavy (non-hydrogen) atoms. The van der Waals surface area contributed by atoms with Crippen molar-refractivity contribution in [3.05, 3.63) is 42.2 Å². The Bertz CT molecular complexity index is 993. The van der Waals surface area contributed by atoms with Crippen LogP contribution in [0.2, 0.25) is 0 Å². The quantitative estimate of drug-likeness (QED) is 0.522. The van der Waals surface area contributed by atoms with Gasteiger partial charge in [0, 0.05) is 26.1 Å². The van der Waals surface area contributed by atoms with E-state index in [1.807, 2.05) is 12.2 Å². The molecule has 0 bridgehead atoms. The third-order valence-electron chi connectivity index (χ3n) is 5.88. The largest absolute Gasteiger partial charge is 0.338 e. The zero-order valence-electron chi connectivity index (χ0n) is 16.2. The summed E-state index contributed by atoms with van der Waals surface area (Å²) in [5.41, 5.74) is 0. The van der Waals surface area contributed by atoms with Gasteiger partial charge in [0.1, 0.15) is 10.7 Å². The first-order chi connectivity index (χ1) is 14.3. The van der Waals surface area contributed by atoms with E-state index in [-0.39, 0.29) is 61.7 Å². The summed E-state index contributed by atoms with van der Waals surface area (Å²) in [6, 6.07) is 4.67. The molecule has 2 aliphatic heterocycles. The number of hydrogen-bond donors (Lipinski definition) is 1. The van der Waals surface area contributed by atoms with Gasteiger partial charge in [0.05, 0.1) is 17.9 Å². The van der Waals surface area contributed by atoms with Crippen molar-refractivity contribution in [2.45, 2.75) is 30.2 Å². The lowest BCUT2D eigenvalue weighted by Crippen LogP contribution is -2.62. The summed E-state index contributed by atoms with van der Waals surface area (Å²) in [5, 5.41) is 0. The summed E-state index contributed by atoms with van der Waals surface area (Å²) in [6.45, 7) is 0.334. The van der Waals surface area contributed by atoms with Crippen molar-refractivity contribution < 1.29 is 27.2 Å². The van der Waals surface area contributed by atoms with Crippen LogP contribution in [0.25, 0.3) is 0 Å². The molecule has 2 atom stereocenters. The Morgan fingerprint density at radius 2 is 1.67 bits per heavy atom. The monoisotopic (exact) mass is 435 g/mol. The minimum atomic E-state index is -4.05. The summed E-state index contributed by atoms with van der Waals surface area (Å²) in [6.07, 6.45) is 4.90. The Hall–Kier alpha value is -2.59. The van der Waals surface area contributed by atoms with Gasteiger partial charge in [-0.05, 0) is 25.0 Å². The number of rotatable bonds is 6. The molecule has 0 radical (unpaired) electrons. The van der Waals surface area contributed by atoms with Gasteiger partial charge in [0.25, 0.3) is 0 Å². The number of fused-ring (bicyclic) bond motifs is 1. The smallest absolute Gasteiger partial charge is 0.243 e. The van der Waals surface area contributed by atoms with Gasteiger partial charge in [-0.1, -0.05) is 24.3 Å². The first kappa shape index (κ1) is 20.7. The first-order valence-corrected chi connectivity index (χ1v) is 11.3. The number of nitrogens with one attached hydrogen (secondary N) is 1. The molecule has 160 valence electrons. The van der Waals surface area contributed by atoms with Gasteiger partial charge in [0.15, 0.2) is 0 Å². The van der Waals surface area contributed by atoms with Crippen LogP contribution < -0.4 is 4.72 Å². The van der Waals surface area contributed by atoms with E-state index in [9.17, 15) is 27.2 Å². The average molecular weight is 435 g/mol. The van der Waals surface area contributed by atoms with Crippen LogP contribution in [0, 0.1) is 17.7 Å². The minimum Gasteiger partial charge on any atom is -0.338 e. The molecule has 2 fully saturated rings. The summed E-state index contributed by atoms with van der Waals surface area (Å²) in [7, 11) is -4.05. The molecule has 2 heterocycles. The number of carbonyl (C=O) groups is 3. The number of hydrogen-bond acceptors (Lipinski definition) is 5. The molecular weight excluding hydrogens is 413 g/mol. The molecule has 2 saturated heterocycles. The molecule has 1 N–H and O–H groups in total. The standard InChI is InChI=1S/C20H22FN3O5S/c21-16-7-3-4-8-17(16)30(28,29)22-10-9-18(25)23-11-13(12-23)24-19(26)14-5-1-2-6-15(14)20(24)27/h1-4,7-8,13-15,22H,5-6,9-12H2. The third-order valence-corrected chi connectivity index (χ3v) is 7.37. The summed E-state index contributed by atoms with van der Waals surface area (Å²) >= 11 is 0. The molecule has 1 aromatic rings. The van der Waals surface area contributed by atoms with Crippen molar-refractivity contribution in [1.82, 2.24) is 14.5 Å². The molecule has 0 aromatic heterocycles. The molecule has 1 aromatic carbocycles.